The van der Waals surface area contributed by atoms with Gasteiger partial charge in [0.2, 0.25) is 0 Å². The minimum atomic E-state index is -0.213. The van der Waals surface area contributed by atoms with Crippen LogP contribution in [0.15, 0.2) is 48.5 Å². The van der Waals surface area contributed by atoms with Crippen molar-refractivity contribution in [3.8, 4) is 0 Å². The smallest absolute Gasteiger partial charge is 0.277 e. The average molecular weight is 400 g/mol. The van der Waals surface area contributed by atoms with Gasteiger partial charge in [-0.1, -0.05) is 12.1 Å². The lowest BCUT2D eigenvalue weighted by atomic mass is 10.2. The number of thiazole rings is 1. The third kappa shape index (κ3) is 4.31. The molecule has 0 saturated carbocycles. The third-order valence-electron chi connectivity index (χ3n) is 5.20. The highest BCUT2D eigenvalue weighted by molar-refractivity contribution is 7.18. The molecule has 0 aliphatic carbocycles. The molecule has 1 aromatic heterocycles. The molecule has 1 aliphatic rings. The standard InChI is InChI=1S/C21H23FN4OS/c1-24(14-20-23-18-4-2-3-5-19(18)28-20)21(27)15-25-10-12-26(13-11-25)17-8-6-16(22)7-9-17/h2-9H,10-15H2,1H3/p+1. The van der Waals surface area contributed by atoms with Gasteiger partial charge in [-0.3, -0.25) is 4.79 Å². The number of para-hydroxylation sites is 1. The van der Waals surface area contributed by atoms with Crippen LogP contribution in [-0.2, 0) is 11.3 Å². The summed E-state index contributed by atoms with van der Waals surface area (Å²) in [5, 5.41) is 0.966. The number of piperazine rings is 1. The Balaban J connectivity index is 1.28. The second-order valence-electron chi connectivity index (χ2n) is 7.22. The van der Waals surface area contributed by atoms with Gasteiger partial charge in [-0.05, 0) is 36.4 Å². The molecule has 0 spiro atoms. The lowest BCUT2D eigenvalue weighted by molar-refractivity contribution is -0.892. The molecular formula is C21H24FN4OS+. The van der Waals surface area contributed by atoms with Crippen molar-refractivity contribution in [2.75, 3.05) is 44.7 Å². The van der Waals surface area contributed by atoms with Crippen molar-refractivity contribution in [3.63, 3.8) is 0 Å². The Morgan fingerprint density at radius 1 is 1.18 bits per heavy atom. The van der Waals surface area contributed by atoms with Crippen LogP contribution < -0.4 is 9.80 Å². The van der Waals surface area contributed by atoms with Crippen molar-refractivity contribution >= 4 is 33.1 Å². The minimum Gasteiger partial charge on any atom is -0.360 e. The fraction of sp³-hybridized carbons (Fsp3) is 0.333. The molecule has 5 nitrogen and oxygen atoms in total. The number of anilines is 1. The first-order valence-corrected chi connectivity index (χ1v) is 10.3. The third-order valence-corrected chi connectivity index (χ3v) is 6.22. The molecule has 146 valence electrons. The van der Waals surface area contributed by atoms with Crippen molar-refractivity contribution in [1.82, 2.24) is 9.88 Å². The average Bonchev–Trinajstić information content (AvgIpc) is 3.11. The molecule has 1 fully saturated rings. The second kappa shape index (κ2) is 8.24. The van der Waals surface area contributed by atoms with E-state index in [0.717, 1.165) is 47.1 Å². The minimum absolute atomic E-state index is 0.143. The van der Waals surface area contributed by atoms with Gasteiger partial charge >= 0.3 is 0 Å². The molecule has 1 saturated heterocycles. The highest BCUT2D eigenvalue weighted by Gasteiger charge is 2.24. The maximum atomic E-state index is 13.1. The summed E-state index contributed by atoms with van der Waals surface area (Å²) in [4.78, 5) is 22.6. The van der Waals surface area contributed by atoms with Gasteiger partial charge in [0.15, 0.2) is 6.54 Å². The van der Waals surface area contributed by atoms with Gasteiger partial charge in [0.1, 0.15) is 10.8 Å². The van der Waals surface area contributed by atoms with Crippen LogP contribution in [-0.4, -0.2) is 55.6 Å². The van der Waals surface area contributed by atoms with Crippen LogP contribution >= 0.6 is 11.3 Å². The Hall–Kier alpha value is -2.51. The van der Waals surface area contributed by atoms with E-state index in [-0.39, 0.29) is 11.7 Å². The topological polar surface area (TPSA) is 40.9 Å². The summed E-state index contributed by atoms with van der Waals surface area (Å²) < 4.78 is 14.2. The lowest BCUT2D eigenvalue weighted by Crippen LogP contribution is -3.15. The Bertz CT molecular complexity index is 917. The van der Waals surface area contributed by atoms with E-state index in [2.05, 4.69) is 16.0 Å². The van der Waals surface area contributed by atoms with Gasteiger partial charge < -0.3 is 14.7 Å². The molecule has 0 atom stereocenters. The van der Waals surface area contributed by atoms with Crippen LogP contribution in [0.25, 0.3) is 10.2 Å². The van der Waals surface area contributed by atoms with Crippen molar-refractivity contribution in [1.29, 1.82) is 0 Å². The number of nitrogens with zero attached hydrogens (tertiary/aromatic N) is 3. The lowest BCUT2D eigenvalue weighted by Gasteiger charge is -2.33. The van der Waals surface area contributed by atoms with Crippen molar-refractivity contribution in [2.45, 2.75) is 6.54 Å². The second-order valence-corrected chi connectivity index (χ2v) is 8.33. The molecule has 1 N–H and O–H groups in total. The summed E-state index contributed by atoms with van der Waals surface area (Å²) in [5.74, 6) is -0.0701. The zero-order valence-electron chi connectivity index (χ0n) is 15.9. The predicted octanol–water partition coefficient (Wildman–Crippen LogP) is 1.80. The zero-order valence-corrected chi connectivity index (χ0v) is 16.7. The molecule has 2 aromatic carbocycles. The Morgan fingerprint density at radius 3 is 2.61 bits per heavy atom. The van der Waals surface area contributed by atoms with Crippen LogP contribution in [0, 0.1) is 5.82 Å². The fourth-order valence-electron chi connectivity index (χ4n) is 3.54. The highest BCUT2D eigenvalue weighted by Crippen LogP contribution is 2.22. The number of amides is 1. The Morgan fingerprint density at radius 2 is 1.89 bits per heavy atom. The fourth-order valence-corrected chi connectivity index (χ4v) is 4.56. The van der Waals surface area contributed by atoms with Crippen LogP contribution in [0.3, 0.4) is 0 Å². The van der Waals surface area contributed by atoms with E-state index < -0.39 is 0 Å². The molecule has 4 rings (SSSR count). The van der Waals surface area contributed by atoms with E-state index >= 15 is 0 Å². The van der Waals surface area contributed by atoms with E-state index in [4.69, 9.17) is 0 Å². The number of hydrogen-bond acceptors (Lipinski definition) is 4. The predicted molar refractivity (Wildman–Crippen MR) is 110 cm³/mol. The monoisotopic (exact) mass is 399 g/mol. The van der Waals surface area contributed by atoms with Crippen molar-refractivity contribution in [3.05, 3.63) is 59.4 Å². The maximum Gasteiger partial charge on any atom is 0.277 e. The Labute approximate surface area is 168 Å². The van der Waals surface area contributed by atoms with E-state index in [0.29, 0.717) is 13.1 Å². The van der Waals surface area contributed by atoms with E-state index in [9.17, 15) is 9.18 Å². The number of aromatic nitrogens is 1. The first-order valence-electron chi connectivity index (χ1n) is 9.51. The number of nitrogens with one attached hydrogen (secondary N) is 1. The number of halogens is 1. The quantitative estimate of drug-likeness (QED) is 0.711. The molecule has 3 aromatic rings. The number of carbonyl (C=O) groups excluding carboxylic acids is 1. The summed E-state index contributed by atoms with van der Waals surface area (Å²) in [5.41, 5.74) is 2.03. The summed E-state index contributed by atoms with van der Waals surface area (Å²) in [6, 6.07) is 14.7. The van der Waals surface area contributed by atoms with Gasteiger partial charge in [0.05, 0.1) is 42.9 Å². The number of rotatable bonds is 5. The summed E-state index contributed by atoms with van der Waals surface area (Å²) in [6.45, 7) is 4.59. The van der Waals surface area contributed by atoms with E-state index in [1.54, 1.807) is 16.2 Å². The van der Waals surface area contributed by atoms with Gasteiger partial charge in [0, 0.05) is 12.7 Å². The van der Waals surface area contributed by atoms with Gasteiger partial charge in [-0.2, -0.15) is 0 Å². The highest BCUT2D eigenvalue weighted by atomic mass is 32.1. The van der Waals surface area contributed by atoms with Gasteiger partial charge in [-0.15, -0.1) is 11.3 Å². The molecular weight excluding hydrogens is 375 g/mol. The molecule has 1 aliphatic heterocycles. The number of hydrogen-bond donors (Lipinski definition) is 1. The maximum absolute atomic E-state index is 13.1. The van der Waals surface area contributed by atoms with Crippen LogP contribution in [0.4, 0.5) is 10.1 Å². The molecule has 0 unspecified atom stereocenters. The SMILES string of the molecule is CN(Cc1nc2ccccc2s1)C(=O)C[NH+]1CCN(c2ccc(F)cc2)CC1. The molecule has 28 heavy (non-hydrogen) atoms. The molecule has 1 amide bonds. The molecule has 7 heteroatoms. The number of fused-ring (bicyclic) bond motifs is 1. The van der Waals surface area contributed by atoms with Crippen molar-refractivity contribution in [2.24, 2.45) is 0 Å². The number of likely N-dealkylation sites (N-methyl/N-ethyl adjacent to an activating group) is 1. The number of carbonyl (C=O) groups is 1. The summed E-state index contributed by atoms with van der Waals surface area (Å²) >= 11 is 1.64. The first-order chi connectivity index (χ1) is 13.6. The van der Waals surface area contributed by atoms with Crippen LogP contribution in [0.2, 0.25) is 0 Å². The molecule has 0 bridgehead atoms. The molecule has 2 heterocycles. The molecule has 0 radical (unpaired) electrons. The summed E-state index contributed by atoms with van der Waals surface area (Å²) in [6.07, 6.45) is 0. The first kappa shape index (κ1) is 18.8. The number of benzene rings is 2. The van der Waals surface area contributed by atoms with Gasteiger partial charge in [0.25, 0.3) is 5.91 Å². The normalized spacial score (nSPS) is 15.1. The summed E-state index contributed by atoms with van der Waals surface area (Å²) in [7, 11) is 1.85. The van der Waals surface area contributed by atoms with Crippen LogP contribution in [0.1, 0.15) is 5.01 Å². The van der Waals surface area contributed by atoms with Gasteiger partial charge in [-0.25, -0.2) is 9.37 Å². The van der Waals surface area contributed by atoms with E-state index in [1.807, 2.05) is 37.4 Å². The largest absolute Gasteiger partial charge is 0.360 e. The number of quaternary nitrogens is 1. The Kier molecular flexibility index (Phi) is 5.54. The van der Waals surface area contributed by atoms with Crippen molar-refractivity contribution < 1.29 is 14.1 Å². The zero-order chi connectivity index (χ0) is 19.5. The van der Waals surface area contributed by atoms with E-state index in [1.165, 1.54) is 17.0 Å². The van der Waals surface area contributed by atoms with Crippen LogP contribution in [0.5, 0.6) is 0 Å².